The van der Waals surface area contributed by atoms with E-state index >= 15 is 0 Å². The van der Waals surface area contributed by atoms with Gasteiger partial charge in [-0.25, -0.2) is 4.39 Å². The Bertz CT molecular complexity index is 1580. The van der Waals surface area contributed by atoms with Gasteiger partial charge in [-0.3, -0.25) is 9.78 Å². The number of benzene rings is 4. The van der Waals surface area contributed by atoms with Crippen LogP contribution in [0.5, 0.6) is 0 Å². The number of hydrogen-bond acceptors (Lipinski definition) is 3. The molecule has 1 heterocycles. The molecule has 0 fully saturated rings. The van der Waals surface area contributed by atoms with E-state index in [2.05, 4.69) is 41.4 Å². The highest BCUT2D eigenvalue weighted by atomic mass is 19.1. The number of carbonyl (C=O) groups is 1. The number of methoxy groups -OCH3 is 1. The summed E-state index contributed by atoms with van der Waals surface area (Å²) in [6.45, 7) is 0. The van der Waals surface area contributed by atoms with Gasteiger partial charge >= 0.3 is 5.97 Å². The summed E-state index contributed by atoms with van der Waals surface area (Å²) in [4.78, 5) is 16.3. The third kappa shape index (κ3) is 3.66. The highest BCUT2D eigenvalue weighted by Crippen LogP contribution is 2.42. The van der Waals surface area contributed by atoms with E-state index in [0.29, 0.717) is 0 Å². The number of nitrogens with zero attached hydrogens (tertiary/aromatic N) is 1. The highest BCUT2D eigenvalue weighted by Gasteiger charge is 2.26. The Morgan fingerprint density at radius 2 is 1.51 bits per heavy atom. The van der Waals surface area contributed by atoms with Crippen LogP contribution in [0.2, 0.25) is 0 Å². The number of pyridine rings is 1. The van der Waals surface area contributed by atoms with E-state index in [1.807, 2.05) is 24.3 Å². The maximum atomic E-state index is 13.8. The van der Waals surface area contributed by atoms with Crippen molar-refractivity contribution in [3.63, 3.8) is 0 Å². The fourth-order valence-corrected chi connectivity index (χ4v) is 5.57. The van der Waals surface area contributed by atoms with E-state index in [4.69, 9.17) is 4.74 Å². The van der Waals surface area contributed by atoms with Gasteiger partial charge in [0, 0.05) is 12.4 Å². The molecule has 3 nitrogen and oxygen atoms in total. The van der Waals surface area contributed by atoms with Crippen LogP contribution >= 0.6 is 0 Å². The van der Waals surface area contributed by atoms with Crippen molar-refractivity contribution < 1.29 is 13.9 Å². The monoisotopic (exact) mass is 461 g/mol. The third-order valence-corrected chi connectivity index (χ3v) is 7.27. The number of fused-ring (bicyclic) bond motifs is 5. The maximum absolute atomic E-state index is 13.8. The van der Waals surface area contributed by atoms with Gasteiger partial charge in [0.25, 0.3) is 0 Å². The molecule has 0 saturated carbocycles. The number of aryl methyl sites for hydroxylation is 1. The van der Waals surface area contributed by atoms with Crippen LogP contribution in [0, 0.1) is 11.7 Å². The molecular weight excluding hydrogens is 437 g/mol. The zero-order valence-corrected chi connectivity index (χ0v) is 19.4. The Morgan fingerprint density at radius 1 is 0.829 bits per heavy atom. The van der Waals surface area contributed by atoms with Crippen LogP contribution in [0.25, 0.3) is 43.8 Å². The van der Waals surface area contributed by atoms with E-state index < -0.39 is 0 Å². The third-order valence-electron chi connectivity index (χ3n) is 7.27. The molecule has 172 valence electrons. The van der Waals surface area contributed by atoms with E-state index in [0.717, 1.165) is 52.3 Å². The van der Waals surface area contributed by atoms with Gasteiger partial charge in [0.1, 0.15) is 5.82 Å². The van der Waals surface area contributed by atoms with Crippen LogP contribution in [0.4, 0.5) is 4.39 Å². The lowest BCUT2D eigenvalue weighted by Crippen LogP contribution is -2.23. The van der Waals surface area contributed by atoms with Crippen molar-refractivity contribution in [2.45, 2.75) is 19.3 Å². The predicted molar refractivity (Wildman–Crippen MR) is 138 cm³/mol. The summed E-state index contributed by atoms with van der Waals surface area (Å²) in [5.74, 6) is -0.443. The van der Waals surface area contributed by atoms with Gasteiger partial charge in [0.15, 0.2) is 0 Å². The lowest BCUT2D eigenvalue weighted by Gasteiger charge is -2.24. The average molecular weight is 462 g/mol. The molecule has 0 radical (unpaired) electrons. The zero-order chi connectivity index (χ0) is 23.9. The lowest BCUT2D eigenvalue weighted by molar-refractivity contribution is -0.145. The molecule has 0 amide bonds. The summed E-state index contributed by atoms with van der Waals surface area (Å²) in [7, 11) is 1.46. The van der Waals surface area contributed by atoms with Crippen LogP contribution in [0.1, 0.15) is 17.5 Å². The molecule has 1 aromatic heterocycles. The maximum Gasteiger partial charge on any atom is 0.309 e. The number of carbonyl (C=O) groups excluding carboxylic acids is 1. The first-order valence-electron chi connectivity index (χ1n) is 11.9. The molecule has 0 N–H and O–H groups in total. The molecule has 0 spiro atoms. The number of esters is 1. The van der Waals surface area contributed by atoms with Crippen LogP contribution in [0.15, 0.2) is 85.2 Å². The van der Waals surface area contributed by atoms with Crippen molar-refractivity contribution in [1.82, 2.24) is 4.98 Å². The van der Waals surface area contributed by atoms with Gasteiger partial charge in [-0.2, -0.15) is 0 Å². The molecule has 1 aliphatic rings. The molecule has 6 rings (SSSR count). The normalized spacial score (nSPS) is 15.2. The van der Waals surface area contributed by atoms with Crippen molar-refractivity contribution >= 4 is 27.5 Å². The second kappa shape index (κ2) is 8.62. The first-order valence-corrected chi connectivity index (χ1v) is 11.9. The number of hydrogen-bond donors (Lipinski definition) is 0. The van der Waals surface area contributed by atoms with Crippen molar-refractivity contribution in [2.75, 3.05) is 7.11 Å². The summed E-state index contributed by atoms with van der Waals surface area (Å²) >= 11 is 0. The van der Waals surface area contributed by atoms with E-state index in [1.54, 1.807) is 12.4 Å². The Kier molecular flexibility index (Phi) is 5.29. The van der Waals surface area contributed by atoms with Crippen LogP contribution in [0.3, 0.4) is 0 Å². The lowest BCUT2D eigenvalue weighted by atomic mass is 9.80. The molecule has 0 bridgehead atoms. The Morgan fingerprint density at radius 3 is 2.29 bits per heavy atom. The summed E-state index contributed by atoms with van der Waals surface area (Å²) in [5, 5.41) is 4.72. The number of rotatable bonds is 3. The molecule has 0 aliphatic heterocycles. The average Bonchev–Trinajstić information content (AvgIpc) is 2.92. The number of ether oxygens (including phenoxy) is 1. The minimum atomic E-state index is -0.248. The fraction of sp³-hybridized carbons (Fsp3) is 0.161. The van der Waals surface area contributed by atoms with E-state index in [9.17, 15) is 9.18 Å². The minimum Gasteiger partial charge on any atom is -0.469 e. The molecule has 1 aliphatic carbocycles. The van der Waals surface area contributed by atoms with Gasteiger partial charge in [-0.15, -0.1) is 0 Å². The van der Waals surface area contributed by atoms with Gasteiger partial charge in [0.2, 0.25) is 0 Å². The second-order valence-electron chi connectivity index (χ2n) is 9.15. The SMILES string of the molecule is COC(=O)C1CCc2c(ccc3c2ccc2c(-c4ccc(F)cc4)c(-c4ccncc4)ccc23)C1. The van der Waals surface area contributed by atoms with Gasteiger partial charge < -0.3 is 4.74 Å². The first kappa shape index (κ1) is 21.5. The standard InChI is InChI=1S/C31H24FNO2/c1-35-31(34)22-5-8-24-21(18-22)4-9-27-26(24)12-13-29-28(27)11-10-25(19-14-16-33-17-15-19)30(29)20-2-6-23(32)7-3-20/h2-4,6-7,9-17,22H,5,8,18H2,1H3. The Balaban J connectivity index is 1.58. The molecule has 4 aromatic carbocycles. The number of aromatic nitrogens is 1. The summed E-state index contributed by atoms with van der Waals surface area (Å²) in [6, 6.07) is 23.8. The second-order valence-corrected chi connectivity index (χ2v) is 9.15. The van der Waals surface area contributed by atoms with E-state index in [-0.39, 0.29) is 17.7 Å². The summed E-state index contributed by atoms with van der Waals surface area (Å²) in [6.07, 6.45) is 5.97. The minimum absolute atomic E-state index is 0.0709. The smallest absolute Gasteiger partial charge is 0.309 e. The van der Waals surface area contributed by atoms with Crippen LogP contribution < -0.4 is 0 Å². The highest BCUT2D eigenvalue weighted by molar-refractivity contribution is 6.15. The predicted octanol–water partition coefficient (Wildman–Crippen LogP) is 7.14. The van der Waals surface area contributed by atoms with Crippen molar-refractivity contribution in [2.24, 2.45) is 5.92 Å². The molecule has 4 heteroatoms. The van der Waals surface area contributed by atoms with Crippen molar-refractivity contribution in [1.29, 1.82) is 0 Å². The molecule has 1 unspecified atom stereocenters. The van der Waals surface area contributed by atoms with Gasteiger partial charge in [0.05, 0.1) is 13.0 Å². The first-order chi connectivity index (χ1) is 17.1. The molecule has 35 heavy (non-hydrogen) atoms. The van der Waals surface area contributed by atoms with Gasteiger partial charge in [-0.05, 0) is 98.5 Å². The largest absolute Gasteiger partial charge is 0.469 e. The van der Waals surface area contributed by atoms with Crippen LogP contribution in [-0.2, 0) is 22.4 Å². The molecule has 5 aromatic rings. The number of halogens is 1. The fourth-order valence-electron chi connectivity index (χ4n) is 5.57. The van der Waals surface area contributed by atoms with Crippen molar-refractivity contribution in [3.8, 4) is 22.3 Å². The molecule has 0 saturated heterocycles. The Labute approximate surface area is 203 Å². The topological polar surface area (TPSA) is 39.2 Å². The quantitative estimate of drug-likeness (QED) is 0.212. The van der Waals surface area contributed by atoms with Crippen LogP contribution in [-0.4, -0.2) is 18.1 Å². The molecular formula is C31H24FNO2. The summed E-state index contributed by atoms with van der Waals surface area (Å²) in [5.41, 5.74) is 6.77. The van der Waals surface area contributed by atoms with E-state index in [1.165, 1.54) is 41.1 Å². The molecule has 1 atom stereocenters. The summed E-state index contributed by atoms with van der Waals surface area (Å²) < 4.78 is 18.8. The zero-order valence-electron chi connectivity index (χ0n) is 19.4. The Hall–Kier alpha value is -4.05. The van der Waals surface area contributed by atoms with Gasteiger partial charge in [-0.1, -0.05) is 48.5 Å². The van der Waals surface area contributed by atoms with Crippen molar-refractivity contribution in [3.05, 3.63) is 102 Å².